The molecule has 116 valence electrons. The van der Waals surface area contributed by atoms with Gasteiger partial charge in [0, 0.05) is 26.2 Å². The van der Waals surface area contributed by atoms with E-state index in [4.69, 9.17) is 5.11 Å². The summed E-state index contributed by atoms with van der Waals surface area (Å²) >= 11 is 2.95. The fourth-order valence-electron chi connectivity index (χ4n) is 2.21. The second-order valence-electron chi connectivity index (χ2n) is 4.71. The van der Waals surface area contributed by atoms with E-state index in [-0.39, 0.29) is 28.8 Å². The summed E-state index contributed by atoms with van der Waals surface area (Å²) in [5, 5.41) is 8.93. The number of carboxylic acids is 1. The van der Waals surface area contributed by atoms with Gasteiger partial charge in [0.15, 0.2) is 5.82 Å². The van der Waals surface area contributed by atoms with Crippen LogP contribution in [0.3, 0.4) is 0 Å². The predicted molar refractivity (Wildman–Crippen MR) is 79.7 cm³/mol. The average Bonchev–Trinajstić information content (AvgIpc) is 2.40. The largest absolute Gasteiger partial charge is 0.478 e. The highest BCUT2D eigenvalue weighted by atomic mass is 79.9. The number of sulfonamides is 1. The highest BCUT2D eigenvalue weighted by Gasteiger charge is 2.26. The van der Waals surface area contributed by atoms with Crippen LogP contribution in [0.2, 0.25) is 0 Å². The lowest BCUT2D eigenvalue weighted by Gasteiger charge is -2.35. The summed E-state index contributed by atoms with van der Waals surface area (Å²) in [5.41, 5.74) is 0.117. The maximum absolute atomic E-state index is 14.3. The molecule has 0 bridgehead atoms. The van der Waals surface area contributed by atoms with Gasteiger partial charge in [0.1, 0.15) is 0 Å². The van der Waals surface area contributed by atoms with E-state index < -0.39 is 21.8 Å². The van der Waals surface area contributed by atoms with Crippen LogP contribution in [0.1, 0.15) is 10.4 Å². The summed E-state index contributed by atoms with van der Waals surface area (Å²) in [5.74, 6) is -1.86. The zero-order chi connectivity index (χ0) is 15.8. The molecule has 0 aliphatic carbocycles. The minimum absolute atomic E-state index is 0.0990. The van der Waals surface area contributed by atoms with Crippen LogP contribution < -0.4 is 4.90 Å². The van der Waals surface area contributed by atoms with Crippen LogP contribution in [0.15, 0.2) is 16.6 Å². The number of anilines is 1. The van der Waals surface area contributed by atoms with E-state index >= 15 is 0 Å². The van der Waals surface area contributed by atoms with Gasteiger partial charge in [0.25, 0.3) is 0 Å². The molecule has 1 fully saturated rings. The first-order valence-corrected chi connectivity index (χ1v) is 8.77. The summed E-state index contributed by atoms with van der Waals surface area (Å²) in [7, 11) is -3.24. The number of aromatic carboxylic acids is 1. The van der Waals surface area contributed by atoms with Gasteiger partial charge in [-0.15, -0.1) is 0 Å². The van der Waals surface area contributed by atoms with Crippen LogP contribution in [0.25, 0.3) is 0 Å². The molecule has 2 rings (SSSR count). The van der Waals surface area contributed by atoms with Crippen molar-refractivity contribution in [2.24, 2.45) is 0 Å². The number of piperazine rings is 1. The van der Waals surface area contributed by atoms with Crippen molar-refractivity contribution in [3.63, 3.8) is 0 Å². The zero-order valence-electron chi connectivity index (χ0n) is 11.2. The first-order valence-electron chi connectivity index (χ1n) is 6.13. The Hall–Kier alpha value is -1.19. The van der Waals surface area contributed by atoms with Gasteiger partial charge >= 0.3 is 5.97 Å². The van der Waals surface area contributed by atoms with Crippen molar-refractivity contribution in [3.05, 3.63) is 28.0 Å². The average molecular weight is 381 g/mol. The van der Waals surface area contributed by atoms with Crippen molar-refractivity contribution in [1.82, 2.24) is 4.31 Å². The highest BCUT2D eigenvalue weighted by molar-refractivity contribution is 9.10. The molecule has 0 amide bonds. The second-order valence-corrected chi connectivity index (χ2v) is 7.49. The van der Waals surface area contributed by atoms with Gasteiger partial charge in [-0.05, 0) is 28.1 Å². The molecule has 1 N–H and O–H groups in total. The van der Waals surface area contributed by atoms with Gasteiger partial charge in [-0.25, -0.2) is 17.6 Å². The van der Waals surface area contributed by atoms with Crippen LogP contribution >= 0.6 is 15.9 Å². The maximum Gasteiger partial charge on any atom is 0.336 e. The minimum atomic E-state index is -3.24. The van der Waals surface area contributed by atoms with E-state index in [1.54, 1.807) is 4.90 Å². The van der Waals surface area contributed by atoms with E-state index in [0.717, 1.165) is 6.26 Å². The molecule has 0 spiro atoms. The third kappa shape index (κ3) is 3.35. The van der Waals surface area contributed by atoms with Crippen LogP contribution in [0.4, 0.5) is 10.1 Å². The van der Waals surface area contributed by atoms with Crippen molar-refractivity contribution in [2.75, 3.05) is 37.3 Å². The third-order valence-corrected chi connectivity index (χ3v) is 5.42. The fraction of sp³-hybridized carbons (Fsp3) is 0.417. The monoisotopic (exact) mass is 380 g/mol. The summed E-state index contributed by atoms with van der Waals surface area (Å²) < 4.78 is 38.4. The molecule has 9 heteroatoms. The van der Waals surface area contributed by atoms with E-state index in [0.29, 0.717) is 13.1 Å². The van der Waals surface area contributed by atoms with Gasteiger partial charge in [0.2, 0.25) is 10.0 Å². The van der Waals surface area contributed by atoms with Gasteiger partial charge in [-0.2, -0.15) is 4.31 Å². The van der Waals surface area contributed by atoms with Crippen LogP contribution in [-0.2, 0) is 10.0 Å². The summed E-state index contributed by atoms with van der Waals surface area (Å²) in [6, 6.07) is 2.73. The van der Waals surface area contributed by atoms with E-state index in [9.17, 15) is 17.6 Å². The molecule has 0 aromatic heterocycles. The molecule has 0 radical (unpaired) electrons. The van der Waals surface area contributed by atoms with Crippen molar-refractivity contribution in [2.45, 2.75) is 0 Å². The molecule has 1 aromatic carbocycles. The number of rotatable bonds is 3. The lowest BCUT2D eigenvalue weighted by Crippen LogP contribution is -2.48. The van der Waals surface area contributed by atoms with Crippen LogP contribution in [0, 0.1) is 5.82 Å². The lowest BCUT2D eigenvalue weighted by molar-refractivity contribution is 0.0695. The highest BCUT2D eigenvalue weighted by Crippen LogP contribution is 2.30. The molecule has 1 heterocycles. The summed E-state index contributed by atoms with van der Waals surface area (Å²) in [6.07, 6.45) is 1.14. The molecule has 0 saturated carbocycles. The van der Waals surface area contributed by atoms with Crippen molar-refractivity contribution in [1.29, 1.82) is 0 Å². The molecule has 0 unspecified atom stereocenters. The Morgan fingerprint density at radius 2 is 1.86 bits per heavy atom. The van der Waals surface area contributed by atoms with Gasteiger partial charge in [0.05, 0.1) is 22.0 Å². The number of carbonyl (C=O) groups is 1. The Bertz CT molecular complexity index is 672. The van der Waals surface area contributed by atoms with E-state index in [1.807, 2.05) is 0 Å². The molecular weight excluding hydrogens is 367 g/mol. The summed E-state index contributed by atoms with van der Waals surface area (Å²) in [6.45, 7) is 1.25. The summed E-state index contributed by atoms with van der Waals surface area (Å²) in [4.78, 5) is 12.6. The number of carboxylic acid groups (broad SMARTS) is 1. The maximum atomic E-state index is 14.3. The number of nitrogens with zero attached hydrogens (tertiary/aromatic N) is 2. The molecule has 0 atom stereocenters. The Labute approximate surface area is 130 Å². The quantitative estimate of drug-likeness (QED) is 0.856. The van der Waals surface area contributed by atoms with Crippen molar-refractivity contribution < 1.29 is 22.7 Å². The van der Waals surface area contributed by atoms with E-state index in [1.165, 1.54) is 16.4 Å². The molecule has 6 nitrogen and oxygen atoms in total. The number of halogens is 2. The van der Waals surface area contributed by atoms with Crippen LogP contribution in [-0.4, -0.2) is 56.2 Å². The first-order chi connectivity index (χ1) is 9.71. The lowest BCUT2D eigenvalue weighted by atomic mass is 10.1. The minimum Gasteiger partial charge on any atom is -0.478 e. The molecule has 1 aromatic rings. The molecule has 1 aliphatic heterocycles. The topological polar surface area (TPSA) is 77.9 Å². The van der Waals surface area contributed by atoms with Crippen LogP contribution in [0.5, 0.6) is 0 Å². The smallest absolute Gasteiger partial charge is 0.336 e. The number of benzene rings is 1. The Morgan fingerprint density at radius 3 is 2.33 bits per heavy atom. The Morgan fingerprint density at radius 1 is 1.29 bits per heavy atom. The molecule has 1 saturated heterocycles. The molecule has 1 aliphatic rings. The molecular formula is C12H14BrFN2O4S. The standard InChI is InChI=1S/C12H14BrFN2O4S/c1-21(19,20)16-6-4-15(5-7-16)9-3-2-8(12(17)18)10(13)11(9)14/h2-3H,4-7H2,1H3,(H,17,18). The van der Waals surface area contributed by atoms with E-state index in [2.05, 4.69) is 15.9 Å². The SMILES string of the molecule is CS(=O)(=O)N1CCN(c2ccc(C(=O)O)c(Br)c2F)CC1. The Balaban J connectivity index is 2.22. The number of hydrogen-bond acceptors (Lipinski definition) is 4. The van der Waals surface area contributed by atoms with Gasteiger partial charge in [-0.1, -0.05) is 0 Å². The number of hydrogen-bond donors (Lipinski definition) is 1. The van der Waals surface area contributed by atoms with Crippen molar-refractivity contribution in [3.8, 4) is 0 Å². The second kappa shape index (κ2) is 5.90. The first kappa shape index (κ1) is 16.2. The zero-order valence-corrected chi connectivity index (χ0v) is 13.6. The normalized spacial score (nSPS) is 17.0. The van der Waals surface area contributed by atoms with Crippen molar-refractivity contribution >= 4 is 37.6 Å². The molecule has 21 heavy (non-hydrogen) atoms. The van der Waals surface area contributed by atoms with Gasteiger partial charge < -0.3 is 10.0 Å². The predicted octanol–water partition coefficient (Wildman–Crippen LogP) is 1.37. The Kier molecular flexibility index (Phi) is 4.54. The van der Waals surface area contributed by atoms with Gasteiger partial charge in [-0.3, -0.25) is 0 Å². The third-order valence-electron chi connectivity index (χ3n) is 3.34. The fourth-order valence-corrected chi connectivity index (χ4v) is 3.54.